The van der Waals surface area contributed by atoms with E-state index in [1.54, 1.807) is 6.20 Å². The average Bonchev–Trinajstić information content (AvgIpc) is 3.40. The highest BCUT2D eigenvalue weighted by Gasteiger charge is 2.34. The Balaban J connectivity index is 1.48. The largest absolute Gasteiger partial charge is 0.378 e. The predicted octanol–water partition coefficient (Wildman–Crippen LogP) is 4.69. The molecule has 0 bridgehead atoms. The van der Waals surface area contributed by atoms with E-state index in [1.165, 1.54) is 12.0 Å². The average molecular weight is 504 g/mol. The van der Waals surface area contributed by atoms with Crippen LogP contribution in [0.4, 0.5) is 5.82 Å². The van der Waals surface area contributed by atoms with Crippen molar-refractivity contribution in [3.63, 3.8) is 0 Å². The zero-order valence-electron chi connectivity index (χ0n) is 21.1. The predicted molar refractivity (Wildman–Crippen MR) is 148 cm³/mol. The zero-order valence-corrected chi connectivity index (χ0v) is 21.1. The number of nitrogens with zero attached hydrogens (tertiary/aromatic N) is 6. The molecule has 0 amide bonds. The summed E-state index contributed by atoms with van der Waals surface area (Å²) in [6.45, 7) is 2.82. The normalized spacial score (nSPS) is 16.9. The van der Waals surface area contributed by atoms with Gasteiger partial charge in [-0.05, 0) is 42.5 Å². The van der Waals surface area contributed by atoms with E-state index in [9.17, 15) is 0 Å². The van der Waals surface area contributed by atoms with Crippen molar-refractivity contribution in [3.05, 3.63) is 84.6 Å². The maximum absolute atomic E-state index is 6.63. The van der Waals surface area contributed by atoms with Crippen molar-refractivity contribution in [1.82, 2.24) is 24.6 Å². The first-order valence-corrected chi connectivity index (χ1v) is 13.2. The molecular formula is C30H29N7O. The van der Waals surface area contributed by atoms with Gasteiger partial charge in [0.2, 0.25) is 5.82 Å². The summed E-state index contributed by atoms with van der Waals surface area (Å²) in [5, 5.41) is 4.93. The fraction of sp³-hybridized carbons (Fsp3) is 0.267. The van der Waals surface area contributed by atoms with Crippen LogP contribution in [0, 0.1) is 0 Å². The number of aromatic nitrogens is 5. The van der Waals surface area contributed by atoms with Gasteiger partial charge < -0.3 is 15.4 Å². The minimum Gasteiger partial charge on any atom is -0.378 e. The molecule has 0 spiro atoms. The molecule has 5 aromatic rings. The molecule has 1 saturated carbocycles. The fourth-order valence-electron chi connectivity index (χ4n) is 5.44. The second kappa shape index (κ2) is 9.31. The first-order valence-electron chi connectivity index (χ1n) is 13.2. The minimum atomic E-state index is -0.207. The summed E-state index contributed by atoms with van der Waals surface area (Å²) in [5.74, 6) is 2.06. The van der Waals surface area contributed by atoms with Gasteiger partial charge in [0.05, 0.1) is 24.5 Å². The Kier molecular flexibility index (Phi) is 5.64. The Labute approximate surface area is 221 Å². The summed E-state index contributed by atoms with van der Waals surface area (Å²) < 4.78 is 7.58. The van der Waals surface area contributed by atoms with Crippen molar-refractivity contribution >= 4 is 11.6 Å². The van der Waals surface area contributed by atoms with E-state index in [4.69, 9.17) is 25.5 Å². The van der Waals surface area contributed by atoms with Gasteiger partial charge in [-0.25, -0.2) is 4.98 Å². The second-order valence-corrected chi connectivity index (χ2v) is 10.1. The lowest BCUT2D eigenvalue weighted by Crippen LogP contribution is -2.43. The smallest absolute Gasteiger partial charge is 0.255 e. The molecule has 1 aliphatic carbocycles. The summed E-state index contributed by atoms with van der Waals surface area (Å²) in [6, 6.07) is 24.8. The highest BCUT2D eigenvalue weighted by atomic mass is 16.5. The van der Waals surface area contributed by atoms with Crippen LogP contribution in [0.25, 0.3) is 39.7 Å². The van der Waals surface area contributed by atoms with E-state index in [1.807, 2.05) is 28.8 Å². The highest BCUT2D eigenvalue weighted by molar-refractivity contribution is 5.90. The van der Waals surface area contributed by atoms with Gasteiger partial charge in [-0.15, -0.1) is 5.10 Å². The van der Waals surface area contributed by atoms with Gasteiger partial charge in [0.25, 0.3) is 5.78 Å². The van der Waals surface area contributed by atoms with Crippen molar-refractivity contribution in [1.29, 1.82) is 0 Å². The first-order chi connectivity index (χ1) is 18.7. The van der Waals surface area contributed by atoms with Crippen LogP contribution in [-0.4, -0.2) is 50.9 Å². The number of morpholine rings is 1. The molecule has 1 saturated heterocycles. The quantitative estimate of drug-likeness (QED) is 0.372. The lowest BCUT2D eigenvalue weighted by molar-refractivity contribution is 0.122. The minimum absolute atomic E-state index is 0.207. The molecule has 4 heterocycles. The summed E-state index contributed by atoms with van der Waals surface area (Å²) in [7, 11) is 0. The van der Waals surface area contributed by atoms with E-state index in [2.05, 4.69) is 58.4 Å². The summed E-state index contributed by atoms with van der Waals surface area (Å²) in [5.41, 5.74) is 12.3. The summed E-state index contributed by atoms with van der Waals surface area (Å²) in [4.78, 5) is 16.8. The molecule has 190 valence electrons. The maximum atomic E-state index is 6.63. The van der Waals surface area contributed by atoms with Crippen LogP contribution in [0.2, 0.25) is 0 Å². The molecule has 2 N–H and O–H groups in total. The number of pyridine rings is 1. The molecule has 8 heteroatoms. The molecule has 0 atom stereocenters. The molecule has 1 aliphatic heterocycles. The molecule has 0 unspecified atom stereocenters. The Bertz CT molecular complexity index is 1570. The Morgan fingerprint density at radius 1 is 0.816 bits per heavy atom. The molecule has 3 aromatic heterocycles. The summed E-state index contributed by atoms with van der Waals surface area (Å²) in [6.07, 6.45) is 5.00. The second-order valence-electron chi connectivity index (χ2n) is 10.1. The molecule has 8 nitrogen and oxygen atoms in total. The van der Waals surface area contributed by atoms with Gasteiger partial charge in [-0.3, -0.25) is 4.98 Å². The van der Waals surface area contributed by atoms with Gasteiger partial charge in [0.1, 0.15) is 11.5 Å². The number of anilines is 1. The van der Waals surface area contributed by atoms with Crippen molar-refractivity contribution in [2.45, 2.75) is 24.8 Å². The van der Waals surface area contributed by atoms with Crippen molar-refractivity contribution < 1.29 is 4.74 Å². The number of hydrogen-bond acceptors (Lipinski definition) is 7. The number of rotatable bonds is 5. The van der Waals surface area contributed by atoms with E-state index in [-0.39, 0.29) is 5.54 Å². The molecule has 38 heavy (non-hydrogen) atoms. The van der Waals surface area contributed by atoms with Crippen LogP contribution in [0.1, 0.15) is 24.8 Å². The van der Waals surface area contributed by atoms with Crippen molar-refractivity contribution in [2.24, 2.45) is 5.73 Å². The van der Waals surface area contributed by atoms with Gasteiger partial charge >= 0.3 is 0 Å². The molecule has 2 fully saturated rings. The van der Waals surface area contributed by atoms with Crippen LogP contribution in [0.5, 0.6) is 0 Å². The monoisotopic (exact) mass is 503 g/mol. The van der Waals surface area contributed by atoms with Crippen LogP contribution in [-0.2, 0) is 10.3 Å². The third kappa shape index (κ3) is 3.93. The molecule has 0 radical (unpaired) electrons. The van der Waals surface area contributed by atoms with Crippen molar-refractivity contribution in [3.8, 4) is 33.9 Å². The van der Waals surface area contributed by atoms with E-state index < -0.39 is 0 Å². The molecule has 7 rings (SSSR count). The van der Waals surface area contributed by atoms with E-state index in [0.29, 0.717) is 30.5 Å². The Morgan fingerprint density at radius 3 is 2.26 bits per heavy atom. The van der Waals surface area contributed by atoms with Crippen LogP contribution in [0.15, 0.2) is 79.0 Å². The Hall–Kier alpha value is -4.14. The Morgan fingerprint density at radius 2 is 1.58 bits per heavy atom. The first kappa shape index (κ1) is 23.0. The third-order valence-electron chi connectivity index (χ3n) is 7.71. The van der Waals surface area contributed by atoms with Gasteiger partial charge in [-0.2, -0.15) is 9.50 Å². The SMILES string of the molecule is NC1(c2ccc(-c3nc4nc(-c5ccccn5)nn4c(N4CCOCC4)c3-c3ccccc3)cc2)CCC1. The third-order valence-corrected chi connectivity index (χ3v) is 7.71. The van der Waals surface area contributed by atoms with Gasteiger partial charge in [-0.1, -0.05) is 60.7 Å². The van der Waals surface area contributed by atoms with Crippen LogP contribution >= 0.6 is 0 Å². The maximum Gasteiger partial charge on any atom is 0.255 e. The summed E-state index contributed by atoms with van der Waals surface area (Å²) >= 11 is 0. The number of benzene rings is 2. The zero-order chi connectivity index (χ0) is 25.5. The van der Waals surface area contributed by atoms with Crippen molar-refractivity contribution in [2.75, 3.05) is 31.2 Å². The fourth-order valence-corrected chi connectivity index (χ4v) is 5.44. The van der Waals surface area contributed by atoms with E-state index in [0.717, 1.165) is 54.1 Å². The number of hydrogen-bond donors (Lipinski definition) is 1. The topological polar surface area (TPSA) is 94.5 Å². The van der Waals surface area contributed by atoms with Crippen LogP contribution < -0.4 is 10.6 Å². The van der Waals surface area contributed by atoms with Gasteiger partial charge in [0.15, 0.2) is 0 Å². The number of ether oxygens (including phenoxy) is 1. The molecule has 2 aromatic carbocycles. The number of fused-ring (bicyclic) bond motifs is 1. The standard InChI is InChI=1S/C30H29N7O/c31-30(14-6-15-30)23-12-10-22(11-13-23)26-25(21-7-2-1-3-8-21)28(36-17-19-38-20-18-36)37-29(33-26)34-27(35-37)24-9-4-5-16-32-24/h1-5,7-13,16H,6,14-15,17-20,31H2. The lowest BCUT2D eigenvalue weighted by Gasteiger charge is -2.38. The lowest BCUT2D eigenvalue weighted by atomic mass is 9.72. The molecular weight excluding hydrogens is 474 g/mol. The molecule has 2 aliphatic rings. The highest BCUT2D eigenvalue weighted by Crippen LogP contribution is 2.42. The number of nitrogens with two attached hydrogens (primary N) is 1. The van der Waals surface area contributed by atoms with Crippen LogP contribution in [0.3, 0.4) is 0 Å². The van der Waals surface area contributed by atoms with E-state index >= 15 is 0 Å². The van der Waals surface area contributed by atoms with Gasteiger partial charge in [0, 0.05) is 30.4 Å².